The number of rotatable bonds is 6. The SMILES string of the molecule is O=C(NC[C@@H]1CCCCN1C(=O)c1nc(C2CC2)sc1-c1ccccc1)c1cnc2sccn12. The number of amides is 2. The number of hydrogen-bond donors (Lipinski definition) is 1. The number of fused-ring (bicyclic) bond motifs is 1. The second-order valence-electron chi connectivity index (χ2n) is 8.93. The van der Waals surface area contributed by atoms with E-state index < -0.39 is 0 Å². The Kier molecular flexibility index (Phi) is 5.66. The lowest BCUT2D eigenvalue weighted by molar-refractivity contribution is 0.0597. The molecule has 3 aromatic heterocycles. The van der Waals surface area contributed by atoms with Gasteiger partial charge in [0.05, 0.1) is 16.1 Å². The summed E-state index contributed by atoms with van der Waals surface area (Å²) in [5.41, 5.74) is 2.12. The standard InChI is InChI=1S/C25H25N5O2S2/c31-22(19-15-27-25-30(19)12-13-33-25)26-14-18-8-4-5-11-29(18)24(32)20-21(16-6-2-1-3-7-16)34-23(28-20)17-9-10-17/h1-3,6-7,12-13,15,17-18H,4-5,8-11,14H2,(H,26,31)/t18-/m0/s1. The van der Waals surface area contributed by atoms with E-state index >= 15 is 0 Å². The molecule has 34 heavy (non-hydrogen) atoms. The first-order chi connectivity index (χ1) is 16.7. The maximum Gasteiger partial charge on any atom is 0.274 e. The number of nitrogens with zero attached hydrogens (tertiary/aromatic N) is 4. The molecule has 2 aliphatic rings. The summed E-state index contributed by atoms with van der Waals surface area (Å²) in [5, 5.41) is 6.03. The van der Waals surface area contributed by atoms with Crippen LogP contribution < -0.4 is 5.32 Å². The van der Waals surface area contributed by atoms with Gasteiger partial charge in [0.15, 0.2) is 4.96 Å². The zero-order chi connectivity index (χ0) is 23.1. The van der Waals surface area contributed by atoms with E-state index in [4.69, 9.17) is 4.98 Å². The van der Waals surface area contributed by atoms with Crippen LogP contribution in [0.25, 0.3) is 15.4 Å². The van der Waals surface area contributed by atoms with Crippen molar-refractivity contribution in [3.8, 4) is 10.4 Å². The molecule has 0 unspecified atom stereocenters. The van der Waals surface area contributed by atoms with E-state index in [2.05, 4.69) is 10.3 Å². The van der Waals surface area contributed by atoms with Crippen LogP contribution in [-0.4, -0.2) is 50.2 Å². The topological polar surface area (TPSA) is 79.6 Å². The Morgan fingerprint density at radius 1 is 1.12 bits per heavy atom. The van der Waals surface area contributed by atoms with E-state index in [-0.39, 0.29) is 17.9 Å². The first kappa shape index (κ1) is 21.5. The summed E-state index contributed by atoms with van der Waals surface area (Å²) in [4.78, 5) is 39.5. The molecule has 174 valence electrons. The van der Waals surface area contributed by atoms with Gasteiger partial charge in [0.2, 0.25) is 0 Å². The maximum atomic E-state index is 13.8. The lowest BCUT2D eigenvalue weighted by Crippen LogP contribution is -2.49. The van der Waals surface area contributed by atoms with Crippen LogP contribution in [0.3, 0.4) is 0 Å². The van der Waals surface area contributed by atoms with Crippen molar-refractivity contribution in [2.75, 3.05) is 13.1 Å². The summed E-state index contributed by atoms with van der Waals surface area (Å²) in [6.07, 6.45) is 8.64. The average molecular weight is 492 g/mol. The number of hydrogen-bond acceptors (Lipinski definition) is 6. The molecule has 7 nitrogen and oxygen atoms in total. The van der Waals surface area contributed by atoms with Gasteiger partial charge in [-0.1, -0.05) is 30.3 Å². The quantitative estimate of drug-likeness (QED) is 0.419. The summed E-state index contributed by atoms with van der Waals surface area (Å²) in [5.74, 6) is 0.305. The van der Waals surface area contributed by atoms with Crippen LogP contribution in [0.4, 0.5) is 0 Å². The average Bonchev–Trinajstić information content (AvgIpc) is 3.27. The minimum Gasteiger partial charge on any atom is -0.349 e. The Bertz CT molecular complexity index is 1340. The van der Waals surface area contributed by atoms with Crippen molar-refractivity contribution in [3.63, 3.8) is 0 Å². The Morgan fingerprint density at radius 3 is 2.79 bits per heavy atom. The minimum atomic E-state index is -0.168. The van der Waals surface area contributed by atoms with Gasteiger partial charge in [-0.3, -0.25) is 14.0 Å². The monoisotopic (exact) mass is 491 g/mol. The molecule has 6 rings (SSSR count). The summed E-state index contributed by atoms with van der Waals surface area (Å²) in [6.45, 7) is 1.10. The molecule has 1 N–H and O–H groups in total. The van der Waals surface area contributed by atoms with Crippen LogP contribution in [0.5, 0.6) is 0 Å². The molecule has 1 atom stereocenters. The smallest absolute Gasteiger partial charge is 0.274 e. The van der Waals surface area contributed by atoms with Crippen LogP contribution in [0.2, 0.25) is 0 Å². The number of aromatic nitrogens is 3. The highest BCUT2D eigenvalue weighted by Gasteiger charge is 2.34. The fourth-order valence-corrected chi connectivity index (χ4v) is 6.51. The fourth-order valence-electron chi connectivity index (χ4n) is 4.58. The Hall–Kier alpha value is -3.04. The molecule has 1 aromatic carbocycles. The number of carbonyl (C=O) groups is 2. The van der Waals surface area contributed by atoms with E-state index in [0.717, 1.165) is 52.5 Å². The number of carbonyl (C=O) groups excluding carboxylic acids is 2. The van der Waals surface area contributed by atoms with Crippen LogP contribution >= 0.6 is 22.7 Å². The van der Waals surface area contributed by atoms with Crippen LogP contribution in [0, 0.1) is 0 Å². The van der Waals surface area contributed by atoms with Gasteiger partial charge >= 0.3 is 0 Å². The van der Waals surface area contributed by atoms with Crippen molar-refractivity contribution in [3.05, 3.63) is 64.5 Å². The first-order valence-electron chi connectivity index (χ1n) is 11.7. The van der Waals surface area contributed by atoms with Gasteiger partial charge in [-0.05, 0) is 37.7 Å². The zero-order valence-corrected chi connectivity index (χ0v) is 20.3. The van der Waals surface area contributed by atoms with Gasteiger partial charge in [0.25, 0.3) is 11.8 Å². The van der Waals surface area contributed by atoms with Crippen molar-refractivity contribution in [1.29, 1.82) is 0 Å². The van der Waals surface area contributed by atoms with Gasteiger partial charge in [-0.2, -0.15) is 0 Å². The molecule has 2 fully saturated rings. The summed E-state index contributed by atoms with van der Waals surface area (Å²) < 4.78 is 1.80. The highest BCUT2D eigenvalue weighted by Crippen LogP contribution is 2.45. The molecule has 2 amide bonds. The van der Waals surface area contributed by atoms with Crippen molar-refractivity contribution in [2.45, 2.75) is 44.1 Å². The summed E-state index contributed by atoms with van der Waals surface area (Å²) in [7, 11) is 0. The molecule has 1 saturated heterocycles. The number of benzene rings is 1. The molecule has 1 aliphatic carbocycles. The molecule has 1 saturated carbocycles. The normalized spacial score (nSPS) is 18.4. The van der Waals surface area contributed by atoms with Gasteiger partial charge in [0.1, 0.15) is 11.4 Å². The molecule has 0 bridgehead atoms. The number of thiazole rings is 2. The van der Waals surface area contributed by atoms with E-state index in [1.807, 2.05) is 46.8 Å². The third-order valence-electron chi connectivity index (χ3n) is 6.57. The number of likely N-dealkylation sites (tertiary alicyclic amines) is 1. The molecule has 4 aromatic rings. The molecule has 4 heterocycles. The van der Waals surface area contributed by atoms with Crippen LogP contribution in [0.15, 0.2) is 48.1 Å². The van der Waals surface area contributed by atoms with Crippen LogP contribution in [-0.2, 0) is 0 Å². The summed E-state index contributed by atoms with van der Waals surface area (Å²) in [6, 6.07) is 10.0. The van der Waals surface area contributed by atoms with Gasteiger partial charge in [0, 0.05) is 36.6 Å². The van der Waals surface area contributed by atoms with E-state index in [9.17, 15) is 9.59 Å². The molecule has 0 radical (unpaired) electrons. The number of imidazole rings is 1. The van der Waals surface area contributed by atoms with E-state index in [0.29, 0.717) is 30.4 Å². The van der Waals surface area contributed by atoms with Crippen molar-refractivity contribution < 1.29 is 9.59 Å². The first-order valence-corrected chi connectivity index (χ1v) is 13.4. The molecular formula is C25H25N5O2S2. The number of piperidine rings is 1. The van der Waals surface area contributed by atoms with E-state index in [1.165, 1.54) is 11.3 Å². The molecule has 9 heteroatoms. The summed E-state index contributed by atoms with van der Waals surface area (Å²) >= 11 is 3.15. The molecule has 0 spiro atoms. The Labute approximate surface area is 205 Å². The second-order valence-corrected chi connectivity index (χ2v) is 10.8. The Morgan fingerprint density at radius 2 is 1.97 bits per heavy atom. The van der Waals surface area contributed by atoms with Gasteiger partial charge in [-0.15, -0.1) is 22.7 Å². The van der Waals surface area contributed by atoms with Crippen molar-refractivity contribution in [1.82, 2.24) is 24.6 Å². The lowest BCUT2D eigenvalue weighted by Gasteiger charge is -2.35. The molecular weight excluding hydrogens is 466 g/mol. The highest BCUT2D eigenvalue weighted by molar-refractivity contribution is 7.15. The number of nitrogens with one attached hydrogen (secondary N) is 1. The lowest BCUT2D eigenvalue weighted by atomic mass is 10.0. The minimum absolute atomic E-state index is 0.0227. The second kappa shape index (κ2) is 8.96. The highest BCUT2D eigenvalue weighted by atomic mass is 32.1. The fraction of sp³-hybridized carbons (Fsp3) is 0.360. The predicted molar refractivity (Wildman–Crippen MR) is 134 cm³/mol. The van der Waals surface area contributed by atoms with Crippen molar-refractivity contribution >= 4 is 39.4 Å². The third kappa shape index (κ3) is 4.03. The van der Waals surface area contributed by atoms with Gasteiger partial charge in [-0.25, -0.2) is 9.97 Å². The largest absolute Gasteiger partial charge is 0.349 e. The predicted octanol–water partition coefficient (Wildman–Crippen LogP) is 4.82. The molecule has 1 aliphatic heterocycles. The van der Waals surface area contributed by atoms with E-state index in [1.54, 1.807) is 21.9 Å². The van der Waals surface area contributed by atoms with Crippen LogP contribution in [0.1, 0.15) is 64.0 Å². The van der Waals surface area contributed by atoms with Gasteiger partial charge < -0.3 is 10.2 Å². The zero-order valence-electron chi connectivity index (χ0n) is 18.6. The van der Waals surface area contributed by atoms with Crippen molar-refractivity contribution in [2.24, 2.45) is 0 Å². The Balaban J connectivity index is 1.23. The third-order valence-corrected chi connectivity index (χ3v) is 8.61. The maximum absolute atomic E-state index is 13.8.